The molecule has 142 valence electrons. The fourth-order valence-corrected chi connectivity index (χ4v) is 2.36. The lowest BCUT2D eigenvalue weighted by molar-refractivity contribution is -0.513. The molecule has 14 nitrogen and oxygen atoms in total. The second-order valence-electron chi connectivity index (χ2n) is 5.25. The van der Waals surface area contributed by atoms with Crippen molar-refractivity contribution < 1.29 is 19.4 Å². The number of nitrogens with one attached hydrogen (secondary N) is 3. The van der Waals surface area contributed by atoms with Crippen LogP contribution in [0, 0.1) is 25.0 Å². The van der Waals surface area contributed by atoms with Crippen molar-refractivity contribution >= 4 is 46.6 Å². The number of benzene rings is 1. The zero-order valence-corrected chi connectivity index (χ0v) is 14.3. The van der Waals surface area contributed by atoms with Gasteiger partial charge in [0.1, 0.15) is 5.69 Å². The minimum atomic E-state index is -2.17. The van der Waals surface area contributed by atoms with E-state index in [1.165, 1.54) is 12.1 Å². The van der Waals surface area contributed by atoms with E-state index in [1.54, 1.807) is 0 Å². The Balaban J connectivity index is 1.95. The first-order valence-electron chi connectivity index (χ1n) is 7.30. The molecule has 1 amide bonds. The summed E-state index contributed by atoms with van der Waals surface area (Å²) in [5, 5.41) is 29.0. The summed E-state index contributed by atoms with van der Waals surface area (Å²) in [6.07, 6.45) is 0.953. The van der Waals surface area contributed by atoms with E-state index in [4.69, 9.17) is 0 Å². The van der Waals surface area contributed by atoms with Crippen LogP contribution in [0.4, 0.5) is 11.6 Å². The molecule has 2 aromatic heterocycles. The number of nitrogens with zero attached hydrogens (tertiary/aromatic N) is 5. The zero-order chi connectivity index (χ0) is 20.4. The molecule has 1 unspecified atom stereocenters. The molecule has 3 N–H and O–H groups in total. The van der Waals surface area contributed by atoms with Crippen LogP contribution in [0.15, 0.2) is 24.4 Å². The third-order valence-electron chi connectivity index (χ3n) is 3.45. The number of Topliss-reactive ketones (excluding diaryl/α,β-unsaturated/α-hetero) is 1. The molecule has 1 atom stereocenters. The molecular formula is C13H8N8O6S. The molecule has 0 saturated heterocycles. The van der Waals surface area contributed by atoms with E-state index in [9.17, 15) is 29.8 Å². The van der Waals surface area contributed by atoms with E-state index < -0.39 is 33.3 Å². The predicted octanol–water partition coefficient (Wildman–Crippen LogP) is 0.844. The molecule has 0 aliphatic heterocycles. The monoisotopic (exact) mass is 404 g/mol. The Morgan fingerprint density at radius 2 is 1.89 bits per heavy atom. The van der Waals surface area contributed by atoms with Crippen molar-refractivity contribution in [3.05, 3.63) is 55.1 Å². The second kappa shape index (κ2) is 7.23. The Bertz CT molecular complexity index is 1190. The van der Waals surface area contributed by atoms with Gasteiger partial charge in [-0.05, 0) is 18.3 Å². The fraction of sp³-hybridized carbons (Fsp3) is 0.0769. The van der Waals surface area contributed by atoms with Crippen molar-refractivity contribution in [2.75, 3.05) is 5.32 Å². The van der Waals surface area contributed by atoms with Gasteiger partial charge in [0, 0.05) is 17.1 Å². The molecule has 0 spiro atoms. The average molecular weight is 404 g/mol. The molecule has 0 radical (unpaired) electrons. The number of aromatic nitrogens is 5. The van der Waals surface area contributed by atoms with Gasteiger partial charge in [0.2, 0.25) is 10.7 Å². The molecule has 0 bridgehead atoms. The van der Waals surface area contributed by atoms with Crippen molar-refractivity contribution in [2.24, 2.45) is 0 Å². The molecular weight excluding hydrogens is 396 g/mol. The Hall–Kier alpha value is -4.14. The highest BCUT2D eigenvalue weighted by Gasteiger charge is 2.39. The summed E-state index contributed by atoms with van der Waals surface area (Å²) < 4.78 is -0.00411. The van der Waals surface area contributed by atoms with E-state index in [0.717, 1.165) is 12.3 Å². The normalized spacial score (nSPS) is 11.7. The van der Waals surface area contributed by atoms with Crippen molar-refractivity contribution in [3.63, 3.8) is 0 Å². The Morgan fingerprint density at radius 1 is 1.14 bits per heavy atom. The molecule has 1 aromatic carbocycles. The van der Waals surface area contributed by atoms with E-state index in [1.807, 2.05) is 5.32 Å². The summed E-state index contributed by atoms with van der Waals surface area (Å²) >= 11 is 4.69. The van der Waals surface area contributed by atoms with Gasteiger partial charge < -0.3 is 0 Å². The quantitative estimate of drug-likeness (QED) is 0.228. The number of hydrogen-bond acceptors (Lipinski definition) is 10. The first kappa shape index (κ1) is 18.6. The topological polar surface area (TPSA) is 203 Å². The van der Waals surface area contributed by atoms with Gasteiger partial charge in [-0.1, -0.05) is 0 Å². The molecule has 28 heavy (non-hydrogen) atoms. The lowest BCUT2D eigenvalue weighted by Gasteiger charge is -2.08. The predicted molar refractivity (Wildman–Crippen MR) is 93.3 cm³/mol. The van der Waals surface area contributed by atoms with Gasteiger partial charge in [0.15, 0.2) is 0 Å². The fourth-order valence-electron chi connectivity index (χ4n) is 2.22. The summed E-state index contributed by atoms with van der Waals surface area (Å²) in [6.45, 7) is 0. The van der Waals surface area contributed by atoms with Crippen molar-refractivity contribution in [3.8, 4) is 0 Å². The maximum absolute atomic E-state index is 12.3. The van der Waals surface area contributed by atoms with Gasteiger partial charge in [-0.25, -0.2) is 4.98 Å². The Kier molecular flexibility index (Phi) is 4.82. The van der Waals surface area contributed by atoms with Crippen LogP contribution in [-0.4, -0.2) is 46.7 Å². The van der Waals surface area contributed by atoms with Crippen LogP contribution >= 0.6 is 12.2 Å². The number of carbonyl (C=O) groups is 2. The molecule has 3 rings (SSSR count). The van der Waals surface area contributed by atoms with Gasteiger partial charge in [0.25, 0.3) is 11.5 Å². The highest BCUT2D eigenvalue weighted by Crippen LogP contribution is 2.22. The average Bonchev–Trinajstić information content (AvgIpc) is 3.05. The molecule has 0 aliphatic rings. The third kappa shape index (κ3) is 3.68. The molecule has 0 saturated carbocycles. The van der Waals surface area contributed by atoms with Crippen LogP contribution in [0.5, 0.6) is 0 Å². The highest BCUT2D eigenvalue weighted by molar-refractivity contribution is 7.71. The standard InChI is InChI=1S/C13H8N8O6S/c22-10(11(23)16-12-17-13(28)19-18-12)9(21(26)27)8-4-14-6-2-1-5(20(24)25)3-7(6)15-8/h1-4,9H,(H3,16,17,18,19,23,28). The molecule has 15 heteroatoms. The zero-order valence-electron chi connectivity index (χ0n) is 13.5. The summed E-state index contributed by atoms with van der Waals surface area (Å²) in [7, 11) is 0. The summed E-state index contributed by atoms with van der Waals surface area (Å²) in [5.41, 5.74) is -0.580. The summed E-state index contributed by atoms with van der Waals surface area (Å²) in [6, 6.07) is 1.38. The van der Waals surface area contributed by atoms with Crippen molar-refractivity contribution in [1.82, 2.24) is 25.1 Å². The Labute approximate surface area is 158 Å². The van der Waals surface area contributed by atoms with Gasteiger partial charge >= 0.3 is 11.9 Å². The van der Waals surface area contributed by atoms with Gasteiger partial charge in [-0.2, -0.15) is 4.98 Å². The SMILES string of the molecule is O=C(Nc1nc(=S)[nH][nH]1)C(=O)C(c1cnc2ccc([N+](=O)[O-])cc2n1)[N+](=O)[O-]. The lowest BCUT2D eigenvalue weighted by atomic mass is 10.1. The first-order chi connectivity index (χ1) is 13.3. The minimum absolute atomic E-state index is 0.00411. The maximum Gasteiger partial charge on any atom is 0.322 e. The van der Waals surface area contributed by atoms with Crippen LogP contribution in [0.1, 0.15) is 11.7 Å². The third-order valence-corrected chi connectivity index (χ3v) is 3.64. The number of aromatic amines is 2. The molecule has 2 heterocycles. The minimum Gasteiger partial charge on any atom is -0.288 e. The van der Waals surface area contributed by atoms with Crippen LogP contribution in [-0.2, 0) is 9.59 Å². The summed E-state index contributed by atoms with van der Waals surface area (Å²) in [5.74, 6) is -2.97. The number of nitro benzene ring substituents is 1. The van der Waals surface area contributed by atoms with Gasteiger partial charge in [-0.3, -0.25) is 50.3 Å². The number of H-pyrrole nitrogens is 2. The number of anilines is 1. The van der Waals surface area contributed by atoms with E-state index >= 15 is 0 Å². The van der Waals surface area contributed by atoms with Crippen molar-refractivity contribution in [1.29, 1.82) is 0 Å². The number of nitro groups is 2. The Morgan fingerprint density at radius 3 is 2.50 bits per heavy atom. The number of hydrogen-bond donors (Lipinski definition) is 3. The molecule has 0 aliphatic carbocycles. The van der Waals surface area contributed by atoms with Crippen LogP contribution in [0.25, 0.3) is 11.0 Å². The number of carbonyl (C=O) groups excluding carboxylic acids is 2. The van der Waals surface area contributed by atoms with Gasteiger partial charge in [0.05, 0.1) is 22.2 Å². The number of non-ortho nitro benzene ring substituents is 1. The smallest absolute Gasteiger partial charge is 0.288 e. The largest absolute Gasteiger partial charge is 0.322 e. The maximum atomic E-state index is 12.3. The van der Waals surface area contributed by atoms with Crippen LogP contribution in [0.2, 0.25) is 0 Å². The first-order valence-corrected chi connectivity index (χ1v) is 7.71. The highest BCUT2D eigenvalue weighted by atomic mass is 32.1. The molecule has 0 fully saturated rings. The van der Waals surface area contributed by atoms with Crippen LogP contribution < -0.4 is 5.32 Å². The molecule has 3 aromatic rings. The lowest BCUT2D eigenvalue weighted by Crippen LogP contribution is -2.33. The number of ketones is 1. The van der Waals surface area contributed by atoms with E-state index in [2.05, 4.69) is 37.4 Å². The summed E-state index contributed by atoms with van der Waals surface area (Å²) in [4.78, 5) is 56.4. The number of fused-ring (bicyclic) bond motifs is 1. The number of amides is 1. The van der Waals surface area contributed by atoms with E-state index in [-0.39, 0.29) is 27.4 Å². The second-order valence-corrected chi connectivity index (χ2v) is 5.63. The van der Waals surface area contributed by atoms with Crippen molar-refractivity contribution in [2.45, 2.75) is 6.04 Å². The number of rotatable bonds is 6. The van der Waals surface area contributed by atoms with Gasteiger partial charge in [-0.15, -0.1) is 0 Å². The van der Waals surface area contributed by atoms with E-state index in [0.29, 0.717) is 0 Å². The van der Waals surface area contributed by atoms with Crippen LogP contribution in [0.3, 0.4) is 0 Å².